The number of hydrogen-bond donors (Lipinski definition) is 2. The molecule has 3 rings (SSSR count). The zero-order valence-corrected chi connectivity index (χ0v) is 20.8. The summed E-state index contributed by atoms with van der Waals surface area (Å²) in [6.07, 6.45) is 3.50. The van der Waals surface area contributed by atoms with E-state index in [1.165, 1.54) is 22.3 Å². The highest BCUT2D eigenvalue weighted by Crippen LogP contribution is 2.38. The Morgan fingerprint density at radius 3 is 1.03 bits per heavy atom. The molecule has 1 heterocycles. The Balaban J connectivity index is 2.09. The van der Waals surface area contributed by atoms with E-state index in [9.17, 15) is 0 Å². The maximum atomic E-state index is 4.68. The molecule has 0 atom stereocenters. The topological polar surface area (TPSA) is 49.8 Å². The Bertz CT molecular complexity index is 914. The van der Waals surface area contributed by atoms with Crippen molar-refractivity contribution in [2.75, 3.05) is 10.6 Å². The lowest BCUT2D eigenvalue weighted by Gasteiger charge is -2.23. The van der Waals surface area contributed by atoms with Crippen molar-refractivity contribution in [2.24, 2.45) is 0 Å². The van der Waals surface area contributed by atoms with Gasteiger partial charge in [0.2, 0.25) is 0 Å². The number of anilines is 4. The Hall–Kier alpha value is -2.88. The number of nitrogens with zero attached hydrogens (tertiary/aromatic N) is 2. The molecule has 4 heteroatoms. The van der Waals surface area contributed by atoms with Crippen LogP contribution in [0.15, 0.2) is 48.8 Å². The normalized spacial score (nSPS) is 11.6. The monoisotopic (exact) mass is 430 g/mol. The quantitative estimate of drug-likeness (QED) is 0.376. The van der Waals surface area contributed by atoms with E-state index in [1.807, 2.05) is 0 Å². The fraction of sp³-hybridized carbons (Fsp3) is 0.429. The number of para-hydroxylation sites is 2. The molecule has 0 aliphatic heterocycles. The van der Waals surface area contributed by atoms with Crippen LogP contribution in [-0.2, 0) is 0 Å². The highest BCUT2D eigenvalue weighted by atomic mass is 15.1. The van der Waals surface area contributed by atoms with Crippen LogP contribution in [0.25, 0.3) is 0 Å². The molecular formula is C28H38N4. The molecule has 32 heavy (non-hydrogen) atoms. The van der Waals surface area contributed by atoms with Gasteiger partial charge in [-0.2, -0.15) is 0 Å². The van der Waals surface area contributed by atoms with Crippen LogP contribution in [0.5, 0.6) is 0 Å². The van der Waals surface area contributed by atoms with Crippen LogP contribution in [0, 0.1) is 0 Å². The van der Waals surface area contributed by atoms with Gasteiger partial charge in [0.1, 0.15) is 0 Å². The van der Waals surface area contributed by atoms with Gasteiger partial charge in [-0.3, -0.25) is 0 Å². The van der Waals surface area contributed by atoms with E-state index in [4.69, 9.17) is 0 Å². The second-order valence-corrected chi connectivity index (χ2v) is 9.75. The van der Waals surface area contributed by atoms with Gasteiger partial charge in [-0.15, -0.1) is 0 Å². The van der Waals surface area contributed by atoms with Gasteiger partial charge in [0.05, 0.1) is 0 Å². The summed E-state index contributed by atoms with van der Waals surface area (Å²) in [5, 5.41) is 7.31. The summed E-state index contributed by atoms with van der Waals surface area (Å²) in [7, 11) is 0. The largest absolute Gasteiger partial charge is 0.337 e. The van der Waals surface area contributed by atoms with Crippen LogP contribution in [0.4, 0.5) is 23.0 Å². The molecule has 1 aromatic heterocycles. The molecule has 0 unspecified atom stereocenters. The summed E-state index contributed by atoms with van der Waals surface area (Å²) in [6.45, 7) is 17.8. The Morgan fingerprint density at radius 2 is 0.781 bits per heavy atom. The fourth-order valence-corrected chi connectivity index (χ4v) is 4.15. The summed E-state index contributed by atoms with van der Waals surface area (Å²) >= 11 is 0. The predicted molar refractivity (Wildman–Crippen MR) is 138 cm³/mol. The average Bonchev–Trinajstić information content (AvgIpc) is 2.74. The molecule has 0 spiro atoms. The van der Waals surface area contributed by atoms with E-state index in [2.05, 4.69) is 112 Å². The first kappa shape index (κ1) is 23.8. The maximum Gasteiger partial charge on any atom is 0.173 e. The average molecular weight is 431 g/mol. The maximum absolute atomic E-state index is 4.68. The molecular weight excluding hydrogens is 392 g/mol. The third-order valence-electron chi connectivity index (χ3n) is 5.93. The molecule has 170 valence electrons. The van der Waals surface area contributed by atoms with Gasteiger partial charge in [0.15, 0.2) is 11.6 Å². The van der Waals surface area contributed by atoms with E-state index in [0.717, 1.165) is 23.0 Å². The van der Waals surface area contributed by atoms with E-state index < -0.39 is 0 Å². The lowest BCUT2D eigenvalue weighted by molar-refractivity contribution is 0.836. The minimum absolute atomic E-state index is 0.401. The molecule has 0 bridgehead atoms. The number of rotatable bonds is 8. The molecule has 0 aliphatic carbocycles. The number of aromatic nitrogens is 2. The van der Waals surface area contributed by atoms with Crippen molar-refractivity contribution in [1.29, 1.82) is 0 Å². The molecule has 0 aliphatic rings. The molecule has 2 N–H and O–H groups in total. The smallest absolute Gasteiger partial charge is 0.173 e. The summed E-state index contributed by atoms with van der Waals surface area (Å²) in [6, 6.07) is 13.1. The highest BCUT2D eigenvalue weighted by Gasteiger charge is 2.19. The van der Waals surface area contributed by atoms with E-state index in [0.29, 0.717) is 23.7 Å². The SMILES string of the molecule is CC(C)c1cccc(C(C)C)c1Nc1nccnc1Nc1c(C(C)C)cccc1C(C)C. The summed E-state index contributed by atoms with van der Waals surface area (Å²) in [5.41, 5.74) is 7.44. The van der Waals surface area contributed by atoms with E-state index >= 15 is 0 Å². The van der Waals surface area contributed by atoms with Crippen molar-refractivity contribution in [1.82, 2.24) is 9.97 Å². The second-order valence-electron chi connectivity index (χ2n) is 9.75. The number of hydrogen-bond acceptors (Lipinski definition) is 4. The van der Waals surface area contributed by atoms with Gasteiger partial charge in [0.25, 0.3) is 0 Å². The van der Waals surface area contributed by atoms with Gasteiger partial charge in [-0.05, 0) is 45.9 Å². The van der Waals surface area contributed by atoms with Crippen LogP contribution in [0.3, 0.4) is 0 Å². The van der Waals surface area contributed by atoms with Crippen molar-refractivity contribution in [3.63, 3.8) is 0 Å². The molecule has 0 radical (unpaired) electrons. The highest BCUT2D eigenvalue weighted by molar-refractivity contribution is 5.77. The third kappa shape index (κ3) is 5.12. The number of benzene rings is 2. The van der Waals surface area contributed by atoms with E-state index in [-0.39, 0.29) is 0 Å². The predicted octanol–water partition coefficient (Wildman–Crippen LogP) is 8.46. The molecule has 0 fully saturated rings. The van der Waals surface area contributed by atoms with Crippen LogP contribution < -0.4 is 10.6 Å². The summed E-state index contributed by atoms with van der Waals surface area (Å²) in [4.78, 5) is 9.37. The zero-order chi connectivity index (χ0) is 23.4. The van der Waals surface area contributed by atoms with Gasteiger partial charge >= 0.3 is 0 Å². The van der Waals surface area contributed by atoms with Gasteiger partial charge < -0.3 is 10.6 Å². The fourth-order valence-electron chi connectivity index (χ4n) is 4.15. The van der Waals surface area contributed by atoms with Gasteiger partial charge in [0, 0.05) is 23.8 Å². The summed E-state index contributed by atoms with van der Waals surface area (Å²) in [5.74, 6) is 3.10. The van der Waals surface area contributed by atoms with Gasteiger partial charge in [-0.25, -0.2) is 9.97 Å². The van der Waals surface area contributed by atoms with Crippen LogP contribution in [0.2, 0.25) is 0 Å². The van der Waals surface area contributed by atoms with Crippen LogP contribution in [-0.4, -0.2) is 9.97 Å². The van der Waals surface area contributed by atoms with E-state index in [1.54, 1.807) is 12.4 Å². The molecule has 4 nitrogen and oxygen atoms in total. The molecule has 0 amide bonds. The van der Waals surface area contributed by atoms with Crippen LogP contribution in [0.1, 0.15) is 101 Å². The minimum atomic E-state index is 0.401. The lowest BCUT2D eigenvalue weighted by Crippen LogP contribution is -2.09. The lowest BCUT2D eigenvalue weighted by atomic mass is 9.92. The number of nitrogens with one attached hydrogen (secondary N) is 2. The summed E-state index contributed by atoms with van der Waals surface area (Å²) < 4.78 is 0. The first-order chi connectivity index (χ1) is 15.2. The second kappa shape index (κ2) is 10.2. The van der Waals surface area contributed by atoms with Crippen molar-refractivity contribution < 1.29 is 0 Å². The Morgan fingerprint density at radius 1 is 0.500 bits per heavy atom. The van der Waals surface area contributed by atoms with Gasteiger partial charge in [-0.1, -0.05) is 91.8 Å². The van der Waals surface area contributed by atoms with Crippen molar-refractivity contribution in [2.45, 2.75) is 79.1 Å². The first-order valence-electron chi connectivity index (χ1n) is 11.8. The zero-order valence-electron chi connectivity index (χ0n) is 20.8. The Labute approximate surface area is 193 Å². The minimum Gasteiger partial charge on any atom is -0.337 e. The van der Waals surface area contributed by atoms with Crippen molar-refractivity contribution in [3.05, 3.63) is 71.0 Å². The first-order valence-corrected chi connectivity index (χ1v) is 11.8. The molecule has 3 aromatic rings. The molecule has 0 saturated carbocycles. The molecule has 0 saturated heterocycles. The standard InChI is InChI=1S/C28H38N4/c1-17(2)21-11-9-12-22(18(3)4)25(21)31-27-28(30-16-15-29-27)32-26-23(19(5)6)13-10-14-24(26)20(7)8/h9-20H,1-8H3,(H,29,31)(H,30,32). The Kier molecular flexibility index (Phi) is 7.55. The van der Waals surface area contributed by atoms with Crippen molar-refractivity contribution in [3.8, 4) is 0 Å². The van der Waals surface area contributed by atoms with Crippen molar-refractivity contribution >= 4 is 23.0 Å². The molecule has 2 aromatic carbocycles. The van der Waals surface area contributed by atoms with Crippen LogP contribution >= 0.6 is 0 Å². The third-order valence-corrected chi connectivity index (χ3v) is 5.93.